The molecule has 2 amide bonds. The summed E-state index contributed by atoms with van der Waals surface area (Å²) in [6.07, 6.45) is -0.0723. The number of halogens is 3. The van der Waals surface area contributed by atoms with Gasteiger partial charge in [-0.15, -0.1) is 0 Å². The Morgan fingerprint density at radius 2 is 1.71 bits per heavy atom. The highest BCUT2D eigenvalue weighted by atomic mass is 19.4. The Morgan fingerprint density at radius 3 is 2.39 bits per heavy atom. The van der Waals surface area contributed by atoms with Crippen LogP contribution in [0.2, 0.25) is 0 Å². The molecule has 31 heavy (non-hydrogen) atoms. The fourth-order valence-corrected chi connectivity index (χ4v) is 4.87. The lowest BCUT2D eigenvalue weighted by Crippen LogP contribution is -2.50. The van der Waals surface area contributed by atoms with Crippen molar-refractivity contribution in [2.45, 2.75) is 37.9 Å². The molecule has 0 bridgehead atoms. The lowest BCUT2D eigenvalue weighted by Gasteiger charge is -2.38. The lowest BCUT2D eigenvalue weighted by molar-refractivity contribution is -0.137. The summed E-state index contributed by atoms with van der Waals surface area (Å²) in [6.45, 7) is 6.50. The number of urea groups is 1. The van der Waals surface area contributed by atoms with Crippen molar-refractivity contribution in [3.63, 3.8) is 0 Å². The van der Waals surface area contributed by atoms with Crippen molar-refractivity contribution in [1.29, 1.82) is 0 Å². The van der Waals surface area contributed by atoms with Crippen molar-refractivity contribution in [2.24, 2.45) is 0 Å². The zero-order valence-corrected chi connectivity index (χ0v) is 18.1. The molecule has 3 aliphatic heterocycles. The highest BCUT2D eigenvalue weighted by Gasteiger charge is 2.33. The van der Waals surface area contributed by atoms with Crippen LogP contribution in [-0.2, 0) is 6.18 Å². The maximum Gasteiger partial charge on any atom is 0.416 e. The smallest absolute Gasteiger partial charge is 0.367 e. The molecule has 1 unspecified atom stereocenters. The molecule has 0 saturated carbocycles. The normalized spacial score (nSPS) is 23.9. The maximum atomic E-state index is 13.4. The van der Waals surface area contributed by atoms with E-state index in [1.807, 2.05) is 7.05 Å². The van der Waals surface area contributed by atoms with E-state index in [-0.39, 0.29) is 11.7 Å². The molecule has 0 aromatic heterocycles. The average molecular weight is 440 g/mol. The van der Waals surface area contributed by atoms with Gasteiger partial charge in [0, 0.05) is 45.3 Å². The van der Waals surface area contributed by atoms with Gasteiger partial charge in [0.05, 0.1) is 16.9 Å². The van der Waals surface area contributed by atoms with Gasteiger partial charge in [-0.3, -0.25) is 4.90 Å². The molecule has 1 atom stereocenters. The number of nitrogens with one attached hydrogen (secondary N) is 1. The highest BCUT2D eigenvalue weighted by molar-refractivity contribution is 5.93. The van der Waals surface area contributed by atoms with E-state index in [1.165, 1.54) is 18.9 Å². The van der Waals surface area contributed by atoms with E-state index in [1.54, 1.807) is 4.90 Å². The number of likely N-dealkylation sites (tertiary alicyclic amines) is 2. The van der Waals surface area contributed by atoms with Crippen molar-refractivity contribution in [1.82, 2.24) is 14.7 Å². The Balaban J connectivity index is 1.51. The van der Waals surface area contributed by atoms with Gasteiger partial charge in [0.15, 0.2) is 0 Å². The zero-order valence-electron chi connectivity index (χ0n) is 18.1. The van der Waals surface area contributed by atoms with Gasteiger partial charge in [-0.2, -0.15) is 13.2 Å². The zero-order chi connectivity index (χ0) is 22.0. The first-order valence-electron chi connectivity index (χ1n) is 11.3. The average Bonchev–Trinajstić information content (AvgIpc) is 3.29. The van der Waals surface area contributed by atoms with Crippen LogP contribution in [0.4, 0.5) is 29.3 Å². The summed E-state index contributed by atoms with van der Waals surface area (Å²) < 4.78 is 40.1. The van der Waals surface area contributed by atoms with E-state index < -0.39 is 11.7 Å². The number of hydrogen-bond acceptors (Lipinski definition) is 4. The SMILES string of the molecule is CN1CCN(c2ccc(C(F)(F)F)cc2NC(=O)N2CCCC(N3CCCC3)C2)CC1. The Kier molecular flexibility index (Phi) is 6.62. The number of amides is 2. The summed E-state index contributed by atoms with van der Waals surface area (Å²) in [5.74, 6) is 0. The molecule has 3 saturated heterocycles. The summed E-state index contributed by atoms with van der Waals surface area (Å²) in [7, 11) is 2.03. The minimum atomic E-state index is -4.45. The van der Waals surface area contributed by atoms with Crippen molar-refractivity contribution >= 4 is 17.4 Å². The monoisotopic (exact) mass is 439 g/mol. The van der Waals surface area contributed by atoms with Crippen LogP contribution in [0.1, 0.15) is 31.2 Å². The number of carbonyl (C=O) groups is 1. The lowest BCUT2D eigenvalue weighted by atomic mass is 10.0. The van der Waals surface area contributed by atoms with Crippen LogP contribution in [0, 0.1) is 0 Å². The molecule has 3 aliphatic rings. The number of nitrogens with zero attached hydrogens (tertiary/aromatic N) is 4. The quantitative estimate of drug-likeness (QED) is 0.782. The minimum Gasteiger partial charge on any atom is -0.367 e. The molecule has 9 heteroatoms. The van der Waals surface area contributed by atoms with E-state index in [4.69, 9.17) is 0 Å². The van der Waals surface area contributed by atoms with Crippen LogP contribution < -0.4 is 10.2 Å². The molecule has 172 valence electrons. The van der Waals surface area contributed by atoms with E-state index in [2.05, 4.69) is 20.0 Å². The molecule has 1 aromatic rings. The van der Waals surface area contributed by atoms with Gasteiger partial charge in [0.1, 0.15) is 0 Å². The number of anilines is 2. The van der Waals surface area contributed by atoms with E-state index >= 15 is 0 Å². The summed E-state index contributed by atoms with van der Waals surface area (Å²) in [5.41, 5.74) is 0.157. The molecule has 6 nitrogen and oxygen atoms in total. The molecule has 0 radical (unpaired) electrons. The van der Waals surface area contributed by atoms with E-state index in [9.17, 15) is 18.0 Å². The fraction of sp³-hybridized carbons (Fsp3) is 0.682. The molecular formula is C22H32F3N5O. The number of benzene rings is 1. The van der Waals surface area contributed by atoms with Crippen LogP contribution in [0.15, 0.2) is 18.2 Å². The molecule has 3 fully saturated rings. The molecule has 0 spiro atoms. The second-order valence-electron chi connectivity index (χ2n) is 8.94. The fourth-order valence-electron chi connectivity index (χ4n) is 4.87. The van der Waals surface area contributed by atoms with Crippen LogP contribution in [0.3, 0.4) is 0 Å². The second kappa shape index (κ2) is 9.24. The first-order chi connectivity index (χ1) is 14.8. The van der Waals surface area contributed by atoms with Gasteiger partial charge in [-0.05, 0) is 64.0 Å². The van der Waals surface area contributed by atoms with Crippen LogP contribution in [-0.4, -0.2) is 86.2 Å². The number of rotatable bonds is 3. The maximum absolute atomic E-state index is 13.4. The van der Waals surface area contributed by atoms with Gasteiger partial charge in [0.25, 0.3) is 0 Å². The number of likely N-dealkylation sites (N-methyl/N-ethyl adjacent to an activating group) is 1. The summed E-state index contributed by atoms with van der Waals surface area (Å²) >= 11 is 0. The van der Waals surface area contributed by atoms with E-state index in [0.717, 1.165) is 51.2 Å². The van der Waals surface area contributed by atoms with Crippen molar-refractivity contribution in [2.75, 3.05) is 69.6 Å². The van der Waals surface area contributed by atoms with Crippen LogP contribution >= 0.6 is 0 Å². The summed E-state index contributed by atoms with van der Waals surface area (Å²) in [5, 5.41) is 2.83. The molecule has 4 rings (SSSR count). The molecule has 1 N–H and O–H groups in total. The van der Waals surface area contributed by atoms with Crippen molar-refractivity contribution < 1.29 is 18.0 Å². The van der Waals surface area contributed by atoms with Crippen LogP contribution in [0.5, 0.6) is 0 Å². The summed E-state index contributed by atoms with van der Waals surface area (Å²) in [4.78, 5) is 21.5. The minimum absolute atomic E-state index is 0.243. The van der Waals surface area contributed by atoms with Crippen LogP contribution in [0.25, 0.3) is 0 Å². The first kappa shape index (κ1) is 22.2. The van der Waals surface area contributed by atoms with Gasteiger partial charge in [-0.1, -0.05) is 0 Å². The predicted octanol–water partition coefficient (Wildman–Crippen LogP) is 3.55. The van der Waals surface area contributed by atoms with Gasteiger partial charge in [0.2, 0.25) is 0 Å². The number of piperidine rings is 1. The number of piperazine rings is 1. The summed E-state index contributed by atoms with van der Waals surface area (Å²) in [6, 6.07) is 3.72. The molecular weight excluding hydrogens is 407 g/mol. The topological polar surface area (TPSA) is 42.1 Å². The first-order valence-corrected chi connectivity index (χ1v) is 11.3. The molecule has 3 heterocycles. The number of alkyl halides is 3. The second-order valence-corrected chi connectivity index (χ2v) is 8.94. The van der Waals surface area contributed by atoms with Crippen molar-refractivity contribution in [3.8, 4) is 0 Å². The number of hydrogen-bond donors (Lipinski definition) is 1. The van der Waals surface area contributed by atoms with Gasteiger partial charge < -0.3 is 20.0 Å². The molecule has 0 aliphatic carbocycles. The predicted molar refractivity (Wildman–Crippen MR) is 116 cm³/mol. The third-order valence-electron chi connectivity index (χ3n) is 6.75. The highest BCUT2D eigenvalue weighted by Crippen LogP contribution is 2.36. The Labute approximate surface area is 182 Å². The molecule has 1 aromatic carbocycles. The number of carbonyl (C=O) groups excluding carboxylic acids is 1. The van der Waals surface area contributed by atoms with Gasteiger partial charge in [-0.25, -0.2) is 4.79 Å². The Bertz CT molecular complexity index is 773. The van der Waals surface area contributed by atoms with Crippen molar-refractivity contribution in [3.05, 3.63) is 23.8 Å². The third-order valence-corrected chi connectivity index (χ3v) is 6.75. The largest absolute Gasteiger partial charge is 0.416 e. The Morgan fingerprint density at radius 1 is 1.00 bits per heavy atom. The van der Waals surface area contributed by atoms with E-state index in [0.29, 0.717) is 37.9 Å². The Hall–Kier alpha value is -2.00. The standard InChI is InChI=1S/C22H32F3N5O/c1-27-11-13-29(14-12-27)20-7-6-17(22(23,24)25)15-19(20)26-21(31)30-10-4-5-18(16-30)28-8-2-3-9-28/h6-7,15,18H,2-5,8-14,16H2,1H3,(H,26,31). The third kappa shape index (κ3) is 5.26. The van der Waals surface area contributed by atoms with Gasteiger partial charge >= 0.3 is 12.2 Å².